The molecule has 0 unspecified atom stereocenters. The molecule has 1 amide bonds. The topological polar surface area (TPSA) is 98.5 Å². The van der Waals surface area contributed by atoms with E-state index < -0.39 is 16.8 Å². The maximum Gasteiger partial charge on any atom is 0.350 e. The first-order valence-electron chi connectivity index (χ1n) is 5.85. The summed E-state index contributed by atoms with van der Waals surface area (Å²) in [5.74, 6) is -1.34. The van der Waals surface area contributed by atoms with Crippen LogP contribution in [0.1, 0.15) is 20.0 Å². The number of carbonyl (C=O) groups excluding carboxylic acids is 2. The third-order valence-electron chi connectivity index (χ3n) is 2.68. The Morgan fingerprint density at radius 1 is 1.36 bits per heavy atom. The van der Waals surface area contributed by atoms with Crippen LogP contribution in [-0.4, -0.2) is 23.9 Å². The Morgan fingerprint density at radius 2 is 2.09 bits per heavy atom. The molecule has 0 spiro atoms. The normalized spacial score (nSPS) is 10.1. The van der Waals surface area contributed by atoms with Gasteiger partial charge in [-0.15, -0.1) is 11.3 Å². The third-order valence-corrected chi connectivity index (χ3v) is 3.81. The van der Waals surface area contributed by atoms with Gasteiger partial charge in [0, 0.05) is 11.1 Å². The van der Waals surface area contributed by atoms with E-state index in [1.807, 2.05) is 0 Å². The molecule has 1 heterocycles. The van der Waals surface area contributed by atoms with Gasteiger partial charge in [0.15, 0.2) is 0 Å². The summed E-state index contributed by atoms with van der Waals surface area (Å²) < 4.78 is 4.59. The number of amides is 1. The van der Waals surface area contributed by atoms with E-state index >= 15 is 0 Å². The van der Waals surface area contributed by atoms with Crippen LogP contribution < -0.4 is 5.32 Å². The van der Waals surface area contributed by atoms with Crippen molar-refractivity contribution in [3.63, 3.8) is 0 Å². The Bertz CT molecular complexity index is 759. The second kappa shape index (κ2) is 6.54. The highest BCUT2D eigenvalue weighted by Gasteiger charge is 2.23. The SMILES string of the molecule is COC(=O)c1sccc1NC(=O)c1cc(Cl)ccc1[N+](=O)[O-]. The van der Waals surface area contributed by atoms with E-state index in [1.165, 1.54) is 25.3 Å². The van der Waals surface area contributed by atoms with Crippen molar-refractivity contribution >= 4 is 46.2 Å². The number of nitrogens with zero attached hydrogens (tertiary/aromatic N) is 1. The summed E-state index contributed by atoms with van der Waals surface area (Å²) in [4.78, 5) is 34.3. The zero-order valence-electron chi connectivity index (χ0n) is 11.2. The molecule has 0 saturated heterocycles. The van der Waals surface area contributed by atoms with Crippen molar-refractivity contribution in [3.8, 4) is 0 Å². The molecule has 9 heteroatoms. The molecule has 0 aliphatic carbocycles. The van der Waals surface area contributed by atoms with Crippen LogP contribution in [0.25, 0.3) is 0 Å². The van der Waals surface area contributed by atoms with Crippen LogP contribution in [0.3, 0.4) is 0 Å². The molecular formula is C13H9ClN2O5S. The molecule has 1 aromatic carbocycles. The van der Waals surface area contributed by atoms with Crippen molar-refractivity contribution in [3.05, 3.63) is 55.2 Å². The first-order chi connectivity index (χ1) is 10.4. The van der Waals surface area contributed by atoms with Crippen molar-refractivity contribution in [2.75, 3.05) is 12.4 Å². The minimum absolute atomic E-state index is 0.189. The standard InChI is InChI=1S/C13H9ClN2O5S/c1-21-13(18)11-9(4-5-22-11)15-12(17)8-6-7(14)2-3-10(8)16(19)20/h2-6H,1H3,(H,15,17). The zero-order valence-corrected chi connectivity index (χ0v) is 12.7. The number of halogens is 1. The number of esters is 1. The van der Waals surface area contributed by atoms with Crippen molar-refractivity contribution in [2.45, 2.75) is 0 Å². The third kappa shape index (κ3) is 3.23. The number of thiophene rings is 1. The molecule has 2 rings (SSSR count). The molecule has 1 aromatic heterocycles. The predicted octanol–water partition coefficient (Wildman–Crippen LogP) is 3.35. The molecule has 114 valence electrons. The number of ether oxygens (including phenoxy) is 1. The van der Waals surface area contributed by atoms with Crippen molar-refractivity contribution in [1.82, 2.24) is 0 Å². The molecular weight excluding hydrogens is 332 g/mol. The van der Waals surface area contributed by atoms with Crippen molar-refractivity contribution in [2.24, 2.45) is 0 Å². The number of methoxy groups -OCH3 is 1. The largest absolute Gasteiger partial charge is 0.465 e. The maximum absolute atomic E-state index is 12.2. The summed E-state index contributed by atoms with van der Waals surface area (Å²) in [6.45, 7) is 0. The Balaban J connectivity index is 2.34. The monoisotopic (exact) mass is 340 g/mol. The van der Waals surface area contributed by atoms with Gasteiger partial charge in [-0.2, -0.15) is 0 Å². The number of hydrogen-bond acceptors (Lipinski definition) is 6. The minimum Gasteiger partial charge on any atom is -0.465 e. The zero-order chi connectivity index (χ0) is 16.3. The Morgan fingerprint density at radius 3 is 2.73 bits per heavy atom. The van der Waals surface area contributed by atoms with Crippen LogP contribution in [0.2, 0.25) is 5.02 Å². The molecule has 0 fully saturated rings. The predicted molar refractivity (Wildman–Crippen MR) is 81.7 cm³/mol. The highest BCUT2D eigenvalue weighted by atomic mass is 35.5. The lowest BCUT2D eigenvalue weighted by atomic mass is 10.1. The Labute approximate surface area is 133 Å². The second-order valence-electron chi connectivity index (χ2n) is 4.03. The van der Waals surface area contributed by atoms with Gasteiger partial charge in [-0.3, -0.25) is 14.9 Å². The molecule has 7 nitrogen and oxygen atoms in total. The molecule has 2 aromatic rings. The number of carbonyl (C=O) groups is 2. The highest BCUT2D eigenvalue weighted by Crippen LogP contribution is 2.27. The Kier molecular flexibility index (Phi) is 4.74. The van der Waals surface area contributed by atoms with E-state index in [9.17, 15) is 19.7 Å². The van der Waals surface area contributed by atoms with E-state index in [1.54, 1.807) is 5.38 Å². The molecule has 0 aliphatic heterocycles. The second-order valence-corrected chi connectivity index (χ2v) is 5.38. The van der Waals surface area contributed by atoms with Gasteiger partial charge < -0.3 is 10.1 Å². The molecule has 0 aliphatic rings. The van der Waals surface area contributed by atoms with E-state index in [-0.39, 0.29) is 26.8 Å². The molecule has 0 saturated carbocycles. The summed E-state index contributed by atoms with van der Waals surface area (Å²) in [6, 6.07) is 5.16. The van der Waals surface area contributed by atoms with Gasteiger partial charge in [0.1, 0.15) is 10.4 Å². The van der Waals surface area contributed by atoms with Gasteiger partial charge in [-0.25, -0.2) is 4.79 Å². The quantitative estimate of drug-likeness (QED) is 0.522. The van der Waals surface area contributed by atoms with E-state index in [0.29, 0.717) is 0 Å². The van der Waals surface area contributed by atoms with Gasteiger partial charge in [0.25, 0.3) is 11.6 Å². The first kappa shape index (κ1) is 15.9. The summed E-state index contributed by atoms with van der Waals surface area (Å²) >= 11 is 6.86. The Hall–Kier alpha value is -2.45. The molecule has 0 atom stereocenters. The highest BCUT2D eigenvalue weighted by molar-refractivity contribution is 7.12. The average molecular weight is 341 g/mol. The van der Waals surface area contributed by atoms with E-state index in [2.05, 4.69) is 10.1 Å². The molecule has 0 radical (unpaired) electrons. The molecule has 22 heavy (non-hydrogen) atoms. The average Bonchev–Trinajstić information content (AvgIpc) is 2.94. The first-order valence-corrected chi connectivity index (χ1v) is 7.11. The number of anilines is 1. The van der Waals surface area contributed by atoms with Crippen LogP contribution >= 0.6 is 22.9 Å². The minimum atomic E-state index is -0.738. The van der Waals surface area contributed by atoms with Crippen LogP contribution in [0.4, 0.5) is 11.4 Å². The summed E-state index contributed by atoms with van der Waals surface area (Å²) in [5, 5.41) is 15.2. The lowest BCUT2D eigenvalue weighted by Crippen LogP contribution is -2.15. The van der Waals surface area contributed by atoms with E-state index in [0.717, 1.165) is 17.4 Å². The van der Waals surface area contributed by atoms with Crippen LogP contribution in [0.15, 0.2) is 29.6 Å². The fraction of sp³-hybridized carbons (Fsp3) is 0.0769. The number of nitro groups is 1. The molecule has 1 N–H and O–H groups in total. The van der Waals surface area contributed by atoms with Gasteiger partial charge >= 0.3 is 5.97 Å². The van der Waals surface area contributed by atoms with Crippen molar-refractivity contribution in [1.29, 1.82) is 0 Å². The van der Waals surface area contributed by atoms with Gasteiger partial charge in [0.05, 0.1) is 17.7 Å². The number of hydrogen-bond donors (Lipinski definition) is 1. The number of benzene rings is 1. The number of nitrogens with one attached hydrogen (secondary N) is 1. The number of rotatable bonds is 4. The lowest BCUT2D eigenvalue weighted by Gasteiger charge is -2.06. The summed E-state index contributed by atoms with van der Waals surface area (Å²) in [7, 11) is 1.22. The van der Waals surface area contributed by atoms with Crippen molar-refractivity contribution < 1.29 is 19.2 Å². The fourth-order valence-electron chi connectivity index (χ4n) is 1.70. The lowest BCUT2D eigenvalue weighted by molar-refractivity contribution is -0.385. The maximum atomic E-state index is 12.2. The van der Waals surface area contributed by atoms with Gasteiger partial charge in [0.2, 0.25) is 0 Å². The number of nitro benzene ring substituents is 1. The van der Waals surface area contributed by atoms with Crippen LogP contribution in [-0.2, 0) is 4.74 Å². The van der Waals surface area contributed by atoms with Crippen LogP contribution in [0.5, 0.6) is 0 Å². The van der Waals surface area contributed by atoms with E-state index in [4.69, 9.17) is 11.6 Å². The van der Waals surface area contributed by atoms with Gasteiger partial charge in [-0.1, -0.05) is 11.6 Å². The summed E-state index contributed by atoms with van der Waals surface area (Å²) in [5.41, 5.74) is -0.354. The fourth-order valence-corrected chi connectivity index (χ4v) is 2.64. The molecule has 0 bridgehead atoms. The van der Waals surface area contributed by atoms with Crippen LogP contribution in [0, 0.1) is 10.1 Å². The van der Waals surface area contributed by atoms with Gasteiger partial charge in [-0.05, 0) is 23.6 Å². The smallest absolute Gasteiger partial charge is 0.350 e. The summed E-state index contributed by atoms with van der Waals surface area (Å²) in [6.07, 6.45) is 0.